The molecule has 1 aromatic carbocycles. The van der Waals surface area contributed by atoms with Gasteiger partial charge in [0.25, 0.3) is 5.91 Å². The Hall–Kier alpha value is -2.04. The number of rotatable bonds is 8. The Morgan fingerprint density at radius 1 is 1.19 bits per heavy atom. The van der Waals surface area contributed by atoms with Gasteiger partial charge in [-0.05, 0) is 42.4 Å². The largest absolute Gasteiger partial charge is 0.377 e. The summed E-state index contributed by atoms with van der Waals surface area (Å²) in [5.74, 6) is 0.176. The number of carbonyl (C=O) groups excluding carboxylic acids is 2. The Kier molecular flexibility index (Phi) is 8.12. The number of amides is 2. The normalized spacial score (nSPS) is 12.4. The van der Waals surface area contributed by atoms with E-state index in [0.717, 1.165) is 18.5 Å². The summed E-state index contributed by atoms with van der Waals surface area (Å²) in [4.78, 5) is 26.7. The Morgan fingerprint density at radius 2 is 1.85 bits per heavy atom. The molecule has 1 atom stereocenters. The predicted molar refractivity (Wildman–Crippen MR) is 110 cm³/mol. The summed E-state index contributed by atoms with van der Waals surface area (Å²) in [5.41, 5.74) is 2.27. The number of anilines is 2. The van der Waals surface area contributed by atoms with Crippen molar-refractivity contribution in [3.63, 3.8) is 0 Å². The van der Waals surface area contributed by atoms with Crippen LogP contribution in [0.1, 0.15) is 64.2 Å². The molecule has 146 valence electrons. The third-order valence-corrected chi connectivity index (χ3v) is 4.04. The molecule has 0 fully saturated rings. The van der Waals surface area contributed by atoms with Gasteiger partial charge in [-0.1, -0.05) is 34.6 Å². The first-order valence-corrected chi connectivity index (χ1v) is 9.43. The van der Waals surface area contributed by atoms with Crippen LogP contribution in [-0.4, -0.2) is 32.5 Å². The average molecular weight is 362 g/mol. The summed E-state index contributed by atoms with van der Waals surface area (Å²) >= 11 is 0. The molecule has 5 nitrogen and oxygen atoms in total. The maximum Gasteiger partial charge on any atom is 0.253 e. The fourth-order valence-corrected chi connectivity index (χ4v) is 3.17. The van der Waals surface area contributed by atoms with Crippen LogP contribution in [0.3, 0.4) is 0 Å². The smallest absolute Gasteiger partial charge is 0.253 e. The zero-order chi connectivity index (χ0) is 19.9. The van der Waals surface area contributed by atoms with E-state index in [1.165, 1.54) is 0 Å². The second-order valence-electron chi connectivity index (χ2n) is 8.50. The van der Waals surface area contributed by atoms with Crippen molar-refractivity contribution in [2.75, 3.05) is 30.9 Å². The minimum absolute atomic E-state index is 0.0146. The van der Waals surface area contributed by atoms with Crippen LogP contribution in [0.15, 0.2) is 18.2 Å². The van der Waals surface area contributed by atoms with Crippen molar-refractivity contribution in [1.82, 2.24) is 5.32 Å². The zero-order valence-electron chi connectivity index (χ0n) is 17.4. The van der Waals surface area contributed by atoms with Crippen LogP contribution in [0, 0.1) is 11.3 Å². The van der Waals surface area contributed by atoms with Gasteiger partial charge in [0.2, 0.25) is 5.91 Å². The van der Waals surface area contributed by atoms with E-state index < -0.39 is 0 Å². The molecular weight excluding hydrogens is 326 g/mol. The molecule has 0 aliphatic carbocycles. The van der Waals surface area contributed by atoms with E-state index in [4.69, 9.17) is 0 Å². The zero-order valence-corrected chi connectivity index (χ0v) is 17.4. The summed E-state index contributed by atoms with van der Waals surface area (Å²) in [5, 5.41) is 5.84. The van der Waals surface area contributed by atoms with Crippen LogP contribution in [0.25, 0.3) is 0 Å². The predicted octanol–water partition coefficient (Wildman–Crippen LogP) is 4.29. The molecule has 5 heteroatoms. The lowest BCUT2D eigenvalue weighted by Crippen LogP contribution is -2.26. The van der Waals surface area contributed by atoms with E-state index in [1.54, 1.807) is 6.07 Å². The highest BCUT2D eigenvalue weighted by Gasteiger charge is 2.19. The molecule has 0 spiro atoms. The highest BCUT2D eigenvalue weighted by Crippen LogP contribution is 2.27. The van der Waals surface area contributed by atoms with Crippen LogP contribution in [0.4, 0.5) is 11.4 Å². The fourth-order valence-electron chi connectivity index (χ4n) is 3.17. The number of benzene rings is 1. The molecule has 0 radical (unpaired) electrons. The molecule has 0 heterocycles. The Labute approximate surface area is 158 Å². The quantitative estimate of drug-likeness (QED) is 0.726. The van der Waals surface area contributed by atoms with Crippen LogP contribution < -0.4 is 15.5 Å². The standard InChI is InChI=1S/C21H35N3O2/c1-8-11-22-20(26)17-13-16(9-10-18(17)24(6)7)23-19(25)12-15(2)14-21(3,4)5/h9-10,13,15H,8,11-12,14H2,1-7H3,(H,22,26)(H,23,25). The van der Waals surface area contributed by atoms with E-state index in [-0.39, 0.29) is 17.2 Å². The minimum Gasteiger partial charge on any atom is -0.377 e. The Morgan fingerprint density at radius 3 is 2.38 bits per heavy atom. The molecule has 0 aromatic heterocycles. The van der Waals surface area contributed by atoms with Gasteiger partial charge in [0.05, 0.1) is 5.56 Å². The molecule has 0 saturated heterocycles. The summed E-state index contributed by atoms with van der Waals surface area (Å²) < 4.78 is 0. The van der Waals surface area contributed by atoms with Crippen molar-refractivity contribution in [1.29, 1.82) is 0 Å². The van der Waals surface area contributed by atoms with E-state index in [0.29, 0.717) is 30.1 Å². The van der Waals surface area contributed by atoms with Crippen LogP contribution in [-0.2, 0) is 4.79 Å². The fraction of sp³-hybridized carbons (Fsp3) is 0.619. The van der Waals surface area contributed by atoms with Gasteiger partial charge in [-0.15, -0.1) is 0 Å². The lowest BCUT2D eigenvalue weighted by Gasteiger charge is -2.23. The molecular formula is C21H35N3O2. The SMILES string of the molecule is CCCNC(=O)c1cc(NC(=O)CC(C)CC(C)(C)C)ccc1N(C)C. The van der Waals surface area contributed by atoms with Gasteiger partial charge in [-0.3, -0.25) is 9.59 Å². The van der Waals surface area contributed by atoms with Crippen molar-refractivity contribution < 1.29 is 9.59 Å². The molecule has 0 aliphatic heterocycles. The van der Waals surface area contributed by atoms with Crippen molar-refractivity contribution in [3.05, 3.63) is 23.8 Å². The van der Waals surface area contributed by atoms with Gasteiger partial charge in [0.15, 0.2) is 0 Å². The third kappa shape index (κ3) is 7.46. The molecule has 2 amide bonds. The molecule has 0 bridgehead atoms. The number of hydrogen-bond acceptors (Lipinski definition) is 3. The molecule has 0 aliphatic rings. The van der Waals surface area contributed by atoms with Gasteiger partial charge in [-0.25, -0.2) is 0 Å². The molecule has 2 N–H and O–H groups in total. The lowest BCUT2D eigenvalue weighted by atomic mass is 9.84. The van der Waals surface area contributed by atoms with E-state index >= 15 is 0 Å². The Bertz CT molecular complexity index is 618. The topological polar surface area (TPSA) is 61.4 Å². The van der Waals surface area contributed by atoms with Crippen molar-refractivity contribution in [2.24, 2.45) is 11.3 Å². The number of hydrogen-bond donors (Lipinski definition) is 2. The third-order valence-electron chi connectivity index (χ3n) is 4.04. The first-order chi connectivity index (χ1) is 12.0. The first kappa shape index (κ1) is 22.0. The molecule has 26 heavy (non-hydrogen) atoms. The highest BCUT2D eigenvalue weighted by atomic mass is 16.2. The van der Waals surface area contributed by atoms with E-state index in [1.807, 2.05) is 38.1 Å². The molecule has 0 saturated carbocycles. The summed E-state index contributed by atoms with van der Waals surface area (Å²) in [6.45, 7) is 11.3. The highest BCUT2D eigenvalue weighted by molar-refractivity contribution is 6.02. The molecule has 1 rings (SSSR count). The summed E-state index contributed by atoms with van der Waals surface area (Å²) in [6, 6.07) is 5.47. The van der Waals surface area contributed by atoms with Crippen molar-refractivity contribution >= 4 is 23.2 Å². The number of carbonyl (C=O) groups is 2. The maximum absolute atomic E-state index is 12.5. The minimum atomic E-state index is -0.118. The van der Waals surface area contributed by atoms with Gasteiger partial charge in [0, 0.05) is 38.4 Å². The maximum atomic E-state index is 12.5. The van der Waals surface area contributed by atoms with Crippen molar-refractivity contribution in [3.8, 4) is 0 Å². The van der Waals surface area contributed by atoms with Gasteiger partial charge >= 0.3 is 0 Å². The van der Waals surface area contributed by atoms with Crippen LogP contribution in [0.2, 0.25) is 0 Å². The number of nitrogens with zero attached hydrogens (tertiary/aromatic N) is 1. The summed E-state index contributed by atoms with van der Waals surface area (Å²) in [6.07, 6.45) is 2.35. The number of nitrogens with one attached hydrogen (secondary N) is 2. The monoisotopic (exact) mass is 361 g/mol. The summed E-state index contributed by atoms with van der Waals surface area (Å²) in [7, 11) is 3.80. The van der Waals surface area contributed by atoms with Crippen LogP contribution in [0.5, 0.6) is 0 Å². The van der Waals surface area contributed by atoms with Gasteiger partial charge in [-0.2, -0.15) is 0 Å². The molecule has 1 unspecified atom stereocenters. The van der Waals surface area contributed by atoms with Gasteiger partial charge in [0.1, 0.15) is 0 Å². The van der Waals surface area contributed by atoms with E-state index in [9.17, 15) is 9.59 Å². The van der Waals surface area contributed by atoms with Gasteiger partial charge < -0.3 is 15.5 Å². The Balaban J connectivity index is 2.87. The van der Waals surface area contributed by atoms with Crippen molar-refractivity contribution in [2.45, 2.75) is 53.9 Å². The lowest BCUT2D eigenvalue weighted by molar-refractivity contribution is -0.117. The second kappa shape index (κ2) is 9.60. The molecule has 1 aromatic rings. The van der Waals surface area contributed by atoms with Crippen LogP contribution >= 0.6 is 0 Å². The average Bonchev–Trinajstić information content (AvgIpc) is 2.50. The first-order valence-electron chi connectivity index (χ1n) is 9.43. The second-order valence-corrected chi connectivity index (χ2v) is 8.50. The van der Waals surface area contributed by atoms with E-state index in [2.05, 4.69) is 38.3 Å².